The lowest BCUT2D eigenvalue weighted by Gasteiger charge is -2.16. The maximum atomic E-state index is 12.3. The second-order valence-electron chi connectivity index (χ2n) is 6.47. The van der Waals surface area contributed by atoms with Gasteiger partial charge in [-0.25, -0.2) is 0 Å². The molecule has 1 heterocycles. The van der Waals surface area contributed by atoms with Gasteiger partial charge in [0.25, 0.3) is 0 Å². The summed E-state index contributed by atoms with van der Waals surface area (Å²) in [6.45, 7) is 5.01. The highest BCUT2D eigenvalue weighted by molar-refractivity contribution is 7.99. The minimum absolute atomic E-state index is 0.0104. The van der Waals surface area contributed by atoms with Gasteiger partial charge >= 0.3 is 0 Å². The minimum Gasteiger partial charge on any atom is -0.336 e. The third kappa shape index (κ3) is 7.05. The van der Waals surface area contributed by atoms with Gasteiger partial charge in [-0.05, 0) is 25.5 Å². The van der Waals surface area contributed by atoms with Crippen molar-refractivity contribution < 1.29 is 9.59 Å². The summed E-state index contributed by atoms with van der Waals surface area (Å²) in [4.78, 5) is 25.8. The average Bonchev–Trinajstić information content (AvgIpc) is 3.09. The van der Waals surface area contributed by atoms with Gasteiger partial charge in [-0.2, -0.15) is 0 Å². The molecule has 2 amide bonds. The lowest BCUT2D eigenvalue weighted by Crippen LogP contribution is -2.36. The zero-order valence-electron chi connectivity index (χ0n) is 16.1. The molecule has 0 aliphatic carbocycles. The van der Waals surface area contributed by atoms with Crippen molar-refractivity contribution in [1.29, 1.82) is 0 Å². The maximum absolute atomic E-state index is 12.3. The van der Waals surface area contributed by atoms with E-state index in [-0.39, 0.29) is 24.1 Å². The van der Waals surface area contributed by atoms with E-state index in [0.29, 0.717) is 0 Å². The van der Waals surface area contributed by atoms with Crippen LogP contribution in [0.1, 0.15) is 31.7 Å². The number of hydrogen-bond acceptors (Lipinski definition) is 5. The SMILES string of the molecule is CCCCCn1cnnc1SCC(=O)N(C)CC(=O)Nc1ccc(C)cc1. The van der Waals surface area contributed by atoms with Gasteiger partial charge in [0, 0.05) is 19.3 Å². The van der Waals surface area contributed by atoms with E-state index in [1.165, 1.54) is 16.7 Å². The number of aryl methyl sites for hydroxylation is 2. The van der Waals surface area contributed by atoms with Gasteiger partial charge in [0.1, 0.15) is 6.33 Å². The largest absolute Gasteiger partial charge is 0.336 e. The molecule has 0 bridgehead atoms. The summed E-state index contributed by atoms with van der Waals surface area (Å²) in [5.41, 5.74) is 1.85. The van der Waals surface area contributed by atoms with Crippen LogP contribution in [0.2, 0.25) is 0 Å². The molecule has 1 aromatic heterocycles. The van der Waals surface area contributed by atoms with Crippen LogP contribution in [0.25, 0.3) is 0 Å². The van der Waals surface area contributed by atoms with Crippen molar-refractivity contribution in [3.05, 3.63) is 36.2 Å². The molecular weight excluding hydrogens is 362 g/mol. The summed E-state index contributed by atoms with van der Waals surface area (Å²) in [6.07, 6.45) is 5.06. The molecule has 8 heteroatoms. The van der Waals surface area contributed by atoms with Crippen molar-refractivity contribution in [2.75, 3.05) is 24.7 Å². The number of carbonyl (C=O) groups is 2. The molecule has 0 fully saturated rings. The first-order valence-electron chi connectivity index (χ1n) is 9.10. The number of nitrogens with zero attached hydrogens (tertiary/aromatic N) is 4. The number of carbonyl (C=O) groups excluding carboxylic acids is 2. The van der Waals surface area contributed by atoms with Crippen LogP contribution in [0.15, 0.2) is 35.7 Å². The van der Waals surface area contributed by atoms with Gasteiger partial charge in [0.2, 0.25) is 11.8 Å². The standard InChI is InChI=1S/C19H27N5O2S/c1-4-5-6-11-24-14-20-22-19(24)27-13-18(26)23(3)12-17(25)21-16-9-7-15(2)8-10-16/h7-10,14H,4-6,11-13H2,1-3H3,(H,21,25). The average molecular weight is 390 g/mol. The van der Waals surface area contributed by atoms with Crippen molar-refractivity contribution in [2.45, 2.75) is 44.8 Å². The number of anilines is 1. The van der Waals surface area contributed by atoms with E-state index >= 15 is 0 Å². The number of thioether (sulfide) groups is 1. The minimum atomic E-state index is -0.220. The molecule has 0 saturated heterocycles. The Balaban J connectivity index is 1.77. The molecule has 2 aromatic rings. The van der Waals surface area contributed by atoms with Gasteiger partial charge in [-0.15, -0.1) is 10.2 Å². The van der Waals surface area contributed by atoms with Gasteiger partial charge in [0.05, 0.1) is 12.3 Å². The first-order valence-corrected chi connectivity index (χ1v) is 10.1. The Bertz CT molecular complexity index is 745. The summed E-state index contributed by atoms with van der Waals surface area (Å²) < 4.78 is 1.97. The Morgan fingerprint density at radius 1 is 1.22 bits per heavy atom. The second-order valence-corrected chi connectivity index (χ2v) is 7.41. The molecule has 146 valence electrons. The van der Waals surface area contributed by atoms with Crippen LogP contribution < -0.4 is 5.32 Å². The zero-order valence-corrected chi connectivity index (χ0v) is 17.0. The quantitative estimate of drug-likeness (QED) is 0.499. The fourth-order valence-electron chi connectivity index (χ4n) is 2.42. The molecule has 0 spiro atoms. The second kappa shape index (κ2) is 10.7. The van der Waals surface area contributed by atoms with Crippen LogP contribution in [-0.4, -0.2) is 50.8 Å². The van der Waals surface area contributed by atoms with E-state index in [4.69, 9.17) is 0 Å². The molecule has 0 unspecified atom stereocenters. The summed E-state index contributed by atoms with van der Waals surface area (Å²) in [7, 11) is 1.63. The predicted molar refractivity (Wildman–Crippen MR) is 108 cm³/mol. The van der Waals surface area contributed by atoms with Crippen molar-refractivity contribution in [1.82, 2.24) is 19.7 Å². The van der Waals surface area contributed by atoms with Gasteiger partial charge in [-0.3, -0.25) is 9.59 Å². The van der Waals surface area contributed by atoms with Crippen LogP contribution in [0.4, 0.5) is 5.69 Å². The highest BCUT2D eigenvalue weighted by atomic mass is 32.2. The fourth-order valence-corrected chi connectivity index (χ4v) is 3.30. The first kappa shape index (κ1) is 21.0. The molecule has 2 rings (SSSR count). The number of aromatic nitrogens is 3. The molecule has 0 aliphatic rings. The van der Waals surface area contributed by atoms with E-state index in [9.17, 15) is 9.59 Å². The highest BCUT2D eigenvalue weighted by Crippen LogP contribution is 2.16. The van der Waals surface area contributed by atoms with Crippen LogP contribution in [0.3, 0.4) is 0 Å². The number of benzene rings is 1. The number of hydrogen-bond donors (Lipinski definition) is 1. The Kier molecular flexibility index (Phi) is 8.32. The normalized spacial score (nSPS) is 10.6. The van der Waals surface area contributed by atoms with E-state index in [2.05, 4.69) is 22.4 Å². The number of nitrogens with one attached hydrogen (secondary N) is 1. The number of rotatable bonds is 10. The molecule has 27 heavy (non-hydrogen) atoms. The third-order valence-corrected chi connectivity index (χ3v) is 5.01. The number of amides is 2. The Labute approximate surface area is 164 Å². The van der Waals surface area contributed by atoms with Crippen molar-refractivity contribution in [2.24, 2.45) is 0 Å². The molecule has 0 atom stereocenters. The summed E-state index contributed by atoms with van der Waals surface area (Å²) in [6, 6.07) is 7.54. The molecule has 1 N–H and O–H groups in total. The molecular formula is C19H27N5O2S. The third-order valence-electron chi connectivity index (χ3n) is 4.05. The van der Waals surface area contributed by atoms with Crippen molar-refractivity contribution in [3.63, 3.8) is 0 Å². The lowest BCUT2D eigenvalue weighted by atomic mass is 10.2. The van der Waals surface area contributed by atoms with Crippen molar-refractivity contribution >= 4 is 29.3 Å². The number of unbranched alkanes of at least 4 members (excludes halogenated alkanes) is 2. The van der Waals surface area contributed by atoms with E-state index in [1.54, 1.807) is 13.4 Å². The van der Waals surface area contributed by atoms with Gasteiger partial charge in [-0.1, -0.05) is 49.2 Å². The maximum Gasteiger partial charge on any atom is 0.243 e. The molecule has 0 aliphatic heterocycles. The highest BCUT2D eigenvalue weighted by Gasteiger charge is 2.15. The van der Waals surface area contributed by atoms with Gasteiger partial charge in [0.15, 0.2) is 5.16 Å². The number of likely N-dealkylation sites (N-methyl/N-ethyl adjacent to an activating group) is 1. The Morgan fingerprint density at radius 2 is 1.96 bits per heavy atom. The van der Waals surface area contributed by atoms with E-state index < -0.39 is 0 Å². The van der Waals surface area contributed by atoms with Crippen molar-refractivity contribution in [3.8, 4) is 0 Å². The molecule has 7 nitrogen and oxygen atoms in total. The Hall–Kier alpha value is -2.35. The zero-order chi connectivity index (χ0) is 19.6. The van der Waals surface area contributed by atoms with Crippen LogP contribution >= 0.6 is 11.8 Å². The molecule has 0 radical (unpaired) electrons. The Morgan fingerprint density at radius 3 is 2.67 bits per heavy atom. The van der Waals surface area contributed by atoms with Crippen LogP contribution in [0, 0.1) is 6.92 Å². The topological polar surface area (TPSA) is 80.1 Å². The first-order chi connectivity index (χ1) is 13.0. The van der Waals surface area contributed by atoms with E-state index in [1.807, 2.05) is 35.8 Å². The van der Waals surface area contributed by atoms with Crippen LogP contribution in [-0.2, 0) is 16.1 Å². The molecule has 1 aromatic carbocycles. The fraction of sp³-hybridized carbons (Fsp3) is 0.474. The smallest absolute Gasteiger partial charge is 0.243 e. The van der Waals surface area contributed by atoms with E-state index in [0.717, 1.165) is 42.2 Å². The van der Waals surface area contributed by atoms with Gasteiger partial charge < -0.3 is 14.8 Å². The predicted octanol–water partition coefficient (Wildman–Crippen LogP) is 2.97. The monoisotopic (exact) mass is 389 g/mol. The molecule has 0 saturated carbocycles. The summed E-state index contributed by atoms with van der Waals surface area (Å²) in [5, 5.41) is 11.5. The van der Waals surface area contributed by atoms with Crippen LogP contribution in [0.5, 0.6) is 0 Å². The summed E-state index contributed by atoms with van der Waals surface area (Å²) in [5.74, 6) is -0.120. The summed E-state index contributed by atoms with van der Waals surface area (Å²) >= 11 is 1.35. The lowest BCUT2D eigenvalue weighted by molar-refractivity contribution is -0.131.